The lowest BCUT2D eigenvalue weighted by Crippen LogP contribution is -2.42. The van der Waals surface area contributed by atoms with E-state index in [1.165, 1.54) is 6.07 Å². The number of nitrogens with one attached hydrogen (secondary N) is 1. The predicted octanol–water partition coefficient (Wildman–Crippen LogP) is 3.53. The summed E-state index contributed by atoms with van der Waals surface area (Å²) >= 11 is 0. The number of sulfonamides is 1. The minimum absolute atomic E-state index is 0.312. The van der Waals surface area contributed by atoms with Gasteiger partial charge in [0.2, 0.25) is 10.0 Å². The molecule has 0 saturated carbocycles. The molecule has 0 aliphatic heterocycles. The van der Waals surface area contributed by atoms with Gasteiger partial charge in [0.15, 0.2) is 0 Å². The lowest BCUT2D eigenvalue weighted by Gasteiger charge is -2.17. The molecule has 0 radical (unpaired) electrons. The van der Waals surface area contributed by atoms with Crippen LogP contribution < -0.4 is 4.72 Å². The number of halogens is 3. The van der Waals surface area contributed by atoms with E-state index in [0.29, 0.717) is 41.5 Å². The van der Waals surface area contributed by atoms with Crippen molar-refractivity contribution in [1.82, 2.24) is 19.3 Å². The van der Waals surface area contributed by atoms with Gasteiger partial charge in [-0.25, -0.2) is 13.4 Å². The fraction of sp³-hybridized carbons (Fsp3) is 0.316. The van der Waals surface area contributed by atoms with Crippen molar-refractivity contribution in [2.45, 2.75) is 44.4 Å². The van der Waals surface area contributed by atoms with Crippen LogP contribution in [0.4, 0.5) is 13.2 Å². The van der Waals surface area contributed by atoms with Gasteiger partial charge in [-0.3, -0.25) is 4.98 Å². The Morgan fingerprint density at radius 1 is 1.27 bits per heavy atom. The predicted molar refractivity (Wildman–Crippen MR) is 104 cm³/mol. The van der Waals surface area contributed by atoms with Crippen LogP contribution in [-0.4, -0.2) is 35.2 Å². The molecule has 0 aromatic carbocycles. The average molecular weight is 437 g/mol. The third-order valence-corrected chi connectivity index (χ3v) is 6.10. The minimum atomic E-state index is -4.71. The van der Waals surface area contributed by atoms with Crippen LogP contribution in [0.15, 0.2) is 35.5 Å². The van der Waals surface area contributed by atoms with Crippen LogP contribution in [-0.2, 0) is 16.6 Å². The van der Waals surface area contributed by atoms with Gasteiger partial charge in [0.25, 0.3) is 0 Å². The number of aryl methyl sites for hydroxylation is 2. The highest BCUT2D eigenvalue weighted by Crippen LogP contribution is 2.32. The van der Waals surface area contributed by atoms with E-state index in [2.05, 4.69) is 16.0 Å². The van der Waals surface area contributed by atoms with E-state index in [1.807, 2.05) is 19.9 Å². The van der Waals surface area contributed by atoms with Crippen molar-refractivity contribution in [3.8, 4) is 17.5 Å². The van der Waals surface area contributed by atoms with Gasteiger partial charge in [-0.2, -0.15) is 23.2 Å². The molecule has 11 heteroatoms. The van der Waals surface area contributed by atoms with Gasteiger partial charge in [0.1, 0.15) is 22.7 Å². The topological polar surface area (TPSA) is 101 Å². The minimum Gasteiger partial charge on any atom is -0.323 e. The highest BCUT2D eigenvalue weighted by Gasteiger charge is 2.39. The van der Waals surface area contributed by atoms with Crippen LogP contribution in [0.3, 0.4) is 0 Å². The van der Waals surface area contributed by atoms with Crippen LogP contribution in [0.1, 0.15) is 25.0 Å². The molecule has 0 aliphatic carbocycles. The Morgan fingerprint density at radius 2 is 1.97 bits per heavy atom. The van der Waals surface area contributed by atoms with E-state index in [0.717, 1.165) is 17.8 Å². The summed E-state index contributed by atoms with van der Waals surface area (Å²) in [5.74, 6) is 0. The van der Waals surface area contributed by atoms with E-state index in [9.17, 15) is 26.9 Å². The maximum absolute atomic E-state index is 12.7. The molecule has 3 rings (SSSR count). The molecule has 0 fully saturated rings. The Morgan fingerprint density at radius 3 is 2.50 bits per heavy atom. The number of rotatable bonds is 5. The molecule has 3 heterocycles. The van der Waals surface area contributed by atoms with Gasteiger partial charge in [0.05, 0.1) is 17.0 Å². The second kappa shape index (κ2) is 7.70. The number of alkyl halides is 3. The molecule has 0 aliphatic rings. The lowest BCUT2D eigenvalue weighted by atomic mass is 10.1. The fourth-order valence-corrected chi connectivity index (χ4v) is 4.24. The van der Waals surface area contributed by atoms with Crippen molar-refractivity contribution in [3.63, 3.8) is 0 Å². The van der Waals surface area contributed by atoms with Gasteiger partial charge in [-0.15, -0.1) is 0 Å². The van der Waals surface area contributed by atoms with E-state index in [1.54, 1.807) is 15.5 Å². The third-order valence-electron chi connectivity index (χ3n) is 4.58. The van der Waals surface area contributed by atoms with E-state index >= 15 is 0 Å². The van der Waals surface area contributed by atoms with Crippen molar-refractivity contribution < 1.29 is 21.6 Å². The number of aromatic nitrogens is 3. The van der Waals surface area contributed by atoms with Crippen LogP contribution >= 0.6 is 0 Å². The van der Waals surface area contributed by atoms with Crippen LogP contribution in [0, 0.1) is 18.3 Å². The molecule has 1 N–H and O–H groups in total. The van der Waals surface area contributed by atoms with E-state index in [4.69, 9.17) is 0 Å². The first-order chi connectivity index (χ1) is 14.0. The highest BCUT2D eigenvalue weighted by atomic mass is 32.2. The van der Waals surface area contributed by atoms with Gasteiger partial charge in [0, 0.05) is 24.3 Å². The molecule has 0 bridgehead atoms. The molecule has 158 valence electrons. The molecule has 1 unspecified atom stereocenters. The average Bonchev–Trinajstić information content (AvgIpc) is 2.99. The Labute approximate surface area is 171 Å². The third kappa shape index (κ3) is 3.88. The number of pyridine rings is 2. The number of nitrogens with zero attached hydrogens (tertiary/aromatic N) is 4. The molecule has 1 atom stereocenters. The van der Waals surface area contributed by atoms with Crippen molar-refractivity contribution in [2.24, 2.45) is 0 Å². The maximum Gasteiger partial charge on any atom is 0.404 e. The van der Waals surface area contributed by atoms with Crippen LogP contribution in [0.25, 0.3) is 22.4 Å². The number of nitriles is 1. The Bertz CT molecular complexity index is 1240. The molecule has 0 amide bonds. The molecular formula is C19H18F3N5O2S. The molecule has 0 saturated heterocycles. The second-order valence-corrected chi connectivity index (χ2v) is 8.44. The number of fused-ring (bicyclic) bond motifs is 1. The second-order valence-electron chi connectivity index (χ2n) is 6.73. The first kappa shape index (κ1) is 21.7. The van der Waals surface area contributed by atoms with Crippen LogP contribution in [0.2, 0.25) is 0 Å². The molecule has 3 aromatic heterocycles. The molecule has 3 aromatic rings. The zero-order valence-electron chi connectivity index (χ0n) is 16.3. The summed E-state index contributed by atoms with van der Waals surface area (Å²) in [6.45, 7) is 4.92. The summed E-state index contributed by atoms with van der Waals surface area (Å²) in [6.07, 6.45) is -2.07. The Hall–Kier alpha value is -2.97. The SMILES string of the molecule is CCn1c(-c2ccc(S(=O)(=O)NC(C)C(F)(F)F)cn2)c(C#N)c2cc(C)cnc21. The first-order valence-electron chi connectivity index (χ1n) is 8.94. The van der Waals surface area contributed by atoms with Crippen LogP contribution in [0.5, 0.6) is 0 Å². The molecule has 7 nitrogen and oxygen atoms in total. The van der Waals surface area contributed by atoms with Crippen molar-refractivity contribution in [1.29, 1.82) is 5.26 Å². The van der Waals surface area contributed by atoms with Gasteiger partial charge >= 0.3 is 6.18 Å². The Balaban J connectivity index is 2.07. The summed E-state index contributed by atoms with van der Waals surface area (Å²) < 4.78 is 65.9. The summed E-state index contributed by atoms with van der Waals surface area (Å²) in [6, 6.07) is 4.26. The lowest BCUT2D eigenvalue weighted by molar-refractivity contribution is -0.147. The van der Waals surface area contributed by atoms with E-state index < -0.39 is 27.1 Å². The first-order valence-corrected chi connectivity index (χ1v) is 10.4. The molecular weight excluding hydrogens is 419 g/mol. The zero-order valence-corrected chi connectivity index (χ0v) is 17.1. The number of hydrogen-bond donors (Lipinski definition) is 1. The quantitative estimate of drug-likeness (QED) is 0.658. The summed E-state index contributed by atoms with van der Waals surface area (Å²) in [5, 5.41) is 10.4. The molecule has 0 spiro atoms. The van der Waals surface area contributed by atoms with Crippen molar-refractivity contribution in [2.75, 3.05) is 0 Å². The largest absolute Gasteiger partial charge is 0.404 e. The summed E-state index contributed by atoms with van der Waals surface area (Å²) in [5.41, 5.74) is 2.59. The summed E-state index contributed by atoms with van der Waals surface area (Å²) in [7, 11) is -4.42. The summed E-state index contributed by atoms with van der Waals surface area (Å²) in [4.78, 5) is 8.10. The fourth-order valence-electron chi connectivity index (χ4n) is 3.06. The number of hydrogen-bond acceptors (Lipinski definition) is 5. The maximum atomic E-state index is 12.7. The van der Waals surface area contributed by atoms with Gasteiger partial charge in [-0.1, -0.05) is 0 Å². The van der Waals surface area contributed by atoms with Gasteiger partial charge < -0.3 is 4.57 Å². The monoisotopic (exact) mass is 437 g/mol. The van der Waals surface area contributed by atoms with E-state index in [-0.39, 0.29) is 0 Å². The normalized spacial score (nSPS) is 13.4. The Kier molecular flexibility index (Phi) is 5.58. The highest BCUT2D eigenvalue weighted by molar-refractivity contribution is 7.89. The van der Waals surface area contributed by atoms with Crippen molar-refractivity contribution in [3.05, 3.63) is 41.7 Å². The molecule has 30 heavy (non-hydrogen) atoms. The zero-order chi connectivity index (χ0) is 22.3. The standard InChI is InChI=1S/C19H18F3N5O2S/c1-4-27-17(15(8-23)14-7-11(2)9-25-18(14)27)16-6-5-13(10-24-16)30(28,29)26-12(3)19(20,21)22/h5-7,9-10,12,26H,4H2,1-3H3. The van der Waals surface area contributed by atoms with Crippen molar-refractivity contribution >= 4 is 21.1 Å². The van der Waals surface area contributed by atoms with Gasteiger partial charge in [-0.05, 0) is 44.5 Å². The smallest absolute Gasteiger partial charge is 0.323 e.